The number of ether oxygens (including phenoxy) is 1. The van der Waals surface area contributed by atoms with Crippen molar-refractivity contribution in [1.29, 1.82) is 0 Å². The highest BCUT2D eigenvalue weighted by molar-refractivity contribution is 7.13. The van der Waals surface area contributed by atoms with Crippen molar-refractivity contribution in [3.8, 4) is 27.6 Å². The molecule has 0 aliphatic rings. The number of carbonyl (C=O) groups is 1. The summed E-state index contributed by atoms with van der Waals surface area (Å²) < 4.78 is 5.63. The molecule has 0 fully saturated rings. The van der Waals surface area contributed by atoms with E-state index >= 15 is 0 Å². The van der Waals surface area contributed by atoms with Gasteiger partial charge in [-0.3, -0.25) is 4.79 Å². The lowest BCUT2D eigenvalue weighted by Crippen LogP contribution is -2.24. The van der Waals surface area contributed by atoms with E-state index in [9.17, 15) is 4.79 Å². The fourth-order valence-corrected chi connectivity index (χ4v) is 3.97. The van der Waals surface area contributed by atoms with Gasteiger partial charge in [-0.25, -0.2) is 4.98 Å². The standard InChI is InChI=1S/C26H24N2O2S/c1-19-10-12-23(13-11-19)30-15-14-25(29)27-17-20-6-5-9-22(16-20)26-28-24(18-31-26)21-7-3-2-4-8-21/h2-13,16,18H,14-15,17H2,1H3,(H,27,29). The first-order valence-electron chi connectivity index (χ1n) is 10.2. The first-order chi connectivity index (χ1) is 15.2. The van der Waals surface area contributed by atoms with Crippen LogP contribution in [-0.2, 0) is 11.3 Å². The normalized spacial score (nSPS) is 10.6. The van der Waals surface area contributed by atoms with Gasteiger partial charge in [0.05, 0.1) is 18.7 Å². The van der Waals surface area contributed by atoms with Gasteiger partial charge in [-0.15, -0.1) is 11.3 Å². The average molecular weight is 429 g/mol. The van der Waals surface area contributed by atoms with Gasteiger partial charge < -0.3 is 10.1 Å². The highest BCUT2D eigenvalue weighted by atomic mass is 32.1. The van der Waals surface area contributed by atoms with Gasteiger partial charge in [-0.05, 0) is 30.7 Å². The number of carbonyl (C=O) groups excluding carboxylic acids is 1. The number of aryl methyl sites for hydroxylation is 1. The van der Waals surface area contributed by atoms with Crippen LogP contribution in [0, 0.1) is 6.92 Å². The van der Waals surface area contributed by atoms with Gasteiger partial charge >= 0.3 is 0 Å². The fourth-order valence-electron chi connectivity index (χ4n) is 3.15. The van der Waals surface area contributed by atoms with Gasteiger partial charge in [-0.2, -0.15) is 0 Å². The summed E-state index contributed by atoms with van der Waals surface area (Å²) in [5, 5.41) is 6.02. The molecule has 0 radical (unpaired) electrons. The number of hydrogen-bond donors (Lipinski definition) is 1. The Hall–Kier alpha value is -3.44. The van der Waals surface area contributed by atoms with E-state index in [0.29, 0.717) is 19.6 Å². The minimum Gasteiger partial charge on any atom is -0.493 e. The zero-order valence-corrected chi connectivity index (χ0v) is 18.2. The van der Waals surface area contributed by atoms with Crippen LogP contribution in [0.2, 0.25) is 0 Å². The molecule has 5 heteroatoms. The van der Waals surface area contributed by atoms with Crippen LogP contribution in [0.15, 0.2) is 84.2 Å². The van der Waals surface area contributed by atoms with Gasteiger partial charge in [0, 0.05) is 23.1 Å². The molecule has 3 aromatic carbocycles. The molecular formula is C26H24N2O2S. The zero-order valence-electron chi connectivity index (χ0n) is 17.4. The molecule has 4 aromatic rings. The van der Waals surface area contributed by atoms with Gasteiger partial charge in [0.1, 0.15) is 10.8 Å². The number of hydrogen-bond acceptors (Lipinski definition) is 4. The number of nitrogens with one attached hydrogen (secondary N) is 1. The first kappa shape index (κ1) is 20.8. The van der Waals surface area contributed by atoms with Crippen LogP contribution in [0.3, 0.4) is 0 Å². The van der Waals surface area contributed by atoms with Crippen LogP contribution >= 0.6 is 11.3 Å². The highest BCUT2D eigenvalue weighted by Crippen LogP contribution is 2.29. The van der Waals surface area contributed by atoms with Crippen molar-refractivity contribution in [2.45, 2.75) is 19.9 Å². The van der Waals surface area contributed by atoms with Crippen molar-refractivity contribution in [1.82, 2.24) is 10.3 Å². The minimum absolute atomic E-state index is 0.0295. The summed E-state index contributed by atoms with van der Waals surface area (Å²) in [5.41, 5.74) is 5.37. The minimum atomic E-state index is -0.0295. The second kappa shape index (κ2) is 10.0. The maximum absolute atomic E-state index is 12.2. The van der Waals surface area contributed by atoms with E-state index in [1.165, 1.54) is 5.56 Å². The summed E-state index contributed by atoms with van der Waals surface area (Å²) in [5.74, 6) is 0.752. The maximum atomic E-state index is 12.2. The van der Waals surface area contributed by atoms with Crippen LogP contribution in [0.1, 0.15) is 17.5 Å². The van der Waals surface area contributed by atoms with E-state index in [1.807, 2.05) is 67.6 Å². The van der Waals surface area contributed by atoms with Gasteiger partial charge in [0.15, 0.2) is 0 Å². The van der Waals surface area contributed by atoms with E-state index in [1.54, 1.807) is 11.3 Å². The second-order valence-electron chi connectivity index (χ2n) is 7.29. The Bertz CT molecular complexity index is 1140. The van der Waals surface area contributed by atoms with Crippen molar-refractivity contribution >= 4 is 17.2 Å². The third-order valence-electron chi connectivity index (χ3n) is 4.86. The zero-order chi connectivity index (χ0) is 21.5. The van der Waals surface area contributed by atoms with Gasteiger partial charge in [0.25, 0.3) is 0 Å². The molecular weight excluding hydrogens is 404 g/mol. The van der Waals surface area contributed by atoms with Crippen molar-refractivity contribution in [2.24, 2.45) is 0 Å². The average Bonchev–Trinajstić information content (AvgIpc) is 3.30. The molecule has 0 unspecified atom stereocenters. The predicted octanol–water partition coefficient (Wildman–Crippen LogP) is 5.87. The molecule has 31 heavy (non-hydrogen) atoms. The molecule has 0 aliphatic heterocycles. The Balaban J connectivity index is 1.30. The molecule has 0 atom stereocenters. The summed E-state index contributed by atoms with van der Waals surface area (Å²) in [4.78, 5) is 17.0. The number of thiazole rings is 1. The van der Waals surface area contributed by atoms with Crippen LogP contribution < -0.4 is 10.1 Å². The van der Waals surface area contributed by atoms with Crippen LogP contribution in [-0.4, -0.2) is 17.5 Å². The summed E-state index contributed by atoms with van der Waals surface area (Å²) >= 11 is 1.63. The first-order valence-corrected chi connectivity index (χ1v) is 11.1. The quantitative estimate of drug-likeness (QED) is 0.382. The van der Waals surface area contributed by atoms with Crippen molar-refractivity contribution in [3.05, 3.63) is 95.4 Å². The largest absolute Gasteiger partial charge is 0.493 e. The second-order valence-corrected chi connectivity index (χ2v) is 8.15. The third kappa shape index (κ3) is 5.80. The topological polar surface area (TPSA) is 51.2 Å². The van der Waals surface area contributed by atoms with Gasteiger partial charge in [0.2, 0.25) is 5.91 Å². The maximum Gasteiger partial charge on any atom is 0.223 e. The lowest BCUT2D eigenvalue weighted by Gasteiger charge is -2.08. The van der Waals surface area contributed by atoms with E-state index in [0.717, 1.165) is 33.1 Å². The Morgan fingerprint density at radius 2 is 1.74 bits per heavy atom. The SMILES string of the molecule is Cc1ccc(OCCC(=O)NCc2cccc(-c3nc(-c4ccccc4)cs3)c2)cc1. The predicted molar refractivity (Wildman–Crippen MR) is 126 cm³/mol. The summed E-state index contributed by atoms with van der Waals surface area (Å²) in [7, 11) is 0. The summed E-state index contributed by atoms with van der Waals surface area (Å²) in [6.45, 7) is 2.87. The van der Waals surface area contributed by atoms with Crippen LogP contribution in [0.25, 0.3) is 21.8 Å². The molecule has 1 aromatic heterocycles. The monoisotopic (exact) mass is 428 g/mol. The lowest BCUT2D eigenvalue weighted by atomic mass is 10.1. The van der Waals surface area contributed by atoms with Crippen molar-refractivity contribution in [2.75, 3.05) is 6.61 Å². The summed E-state index contributed by atoms with van der Waals surface area (Å²) in [6, 6.07) is 26.1. The number of aromatic nitrogens is 1. The highest BCUT2D eigenvalue weighted by Gasteiger charge is 2.08. The molecule has 0 saturated heterocycles. The Morgan fingerprint density at radius 3 is 2.55 bits per heavy atom. The van der Waals surface area contributed by atoms with E-state index < -0.39 is 0 Å². The smallest absolute Gasteiger partial charge is 0.223 e. The fraction of sp³-hybridized carbons (Fsp3) is 0.154. The molecule has 4 nitrogen and oxygen atoms in total. The number of benzene rings is 3. The third-order valence-corrected chi connectivity index (χ3v) is 5.75. The Labute approximate surface area is 186 Å². The molecule has 0 aliphatic carbocycles. The number of rotatable bonds is 8. The summed E-state index contributed by atoms with van der Waals surface area (Å²) in [6.07, 6.45) is 0.320. The molecule has 1 heterocycles. The Morgan fingerprint density at radius 1 is 0.968 bits per heavy atom. The number of amides is 1. The van der Waals surface area contributed by atoms with E-state index in [4.69, 9.17) is 9.72 Å². The van der Waals surface area contributed by atoms with Crippen molar-refractivity contribution in [3.63, 3.8) is 0 Å². The van der Waals surface area contributed by atoms with Gasteiger partial charge in [-0.1, -0.05) is 66.2 Å². The Kier molecular flexibility index (Phi) is 6.75. The molecule has 0 bridgehead atoms. The van der Waals surface area contributed by atoms with E-state index in [-0.39, 0.29) is 5.91 Å². The molecule has 0 saturated carbocycles. The molecule has 0 spiro atoms. The lowest BCUT2D eigenvalue weighted by molar-refractivity contribution is -0.121. The molecule has 1 N–H and O–H groups in total. The molecule has 156 valence electrons. The van der Waals surface area contributed by atoms with E-state index in [2.05, 4.69) is 28.9 Å². The molecule has 1 amide bonds. The number of nitrogens with zero attached hydrogens (tertiary/aromatic N) is 1. The molecule has 4 rings (SSSR count). The van der Waals surface area contributed by atoms with Crippen LogP contribution in [0.4, 0.5) is 0 Å². The van der Waals surface area contributed by atoms with Crippen LogP contribution in [0.5, 0.6) is 5.75 Å². The van der Waals surface area contributed by atoms with Crippen molar-refractivity contribution < 1.29 is 9.53 Å².